The maximum Gasteiger partial charge on any atom is 0.281 e. The van der Waals surface area contributed by atoms with Crippen molar-refractivity contribution in [3.63, 3.8) is 0 Å². The second-order valence-corrected chi connectivity index (χ2v) is 5.55. The highest BCUT2D eigenvalue weighted by Gasteiger charge is 2.25. The van der Waals surface area contributed by atoms with Crippen molar-refractivity contribution >= 4 is 34.4 Å². The van der Waals surface area contributed by atoms with E-state index >= 15 is 0 Å². The Morgan fingerprint density at radius 2 is 2.19 bits per heavy atom. The highest BCUT2D eigenvalue weighted by molar-refractivity contribution is 7.13. The van der Waals surface area contributed by atoms with E-state index in [-0.39, 0.29) is 27.9 Å². The Labute approximate surface area is 127 Å². The molecule has 2 heterocycles. The summed E-state index contributed by atoms with van der Waals surface area (Å²) in [5.41, 5.74) is 6.52. The molecule has 21 heavy (non-hydrogen) atoms. The molecule has 0 aliphatic carbocycles. The Morgan fingerprint density at radius 1 is 1.38 bits per heavy atom. The van der Waals surface area contributed by atoms with Crippen molar-refractivity contribution in [3.05, 3.63) is 50.8 Å². The first-order chi connectivity index (χ1) is 10.1. The number of anilines is 1. The molecule has 0 amide bonds. The fourth-order valence-electron chi connectivity index (χ4n) is 1.99. The lowest BCUT2D eigenvalue weighted by Crippen LogP contribution is -1.93. The van der Waals surface area contributed by atoms with Gasteiger partial charge in [-0.25, -0.2) is 0 Å². The normalized spacial score (nSPS) is 10.7. The first kappa shape index (κ1) is 13.6. The van der Waals surface area contributed by atoms with E-state index in [2.05, 4.69) is 5.16 Å². The predicted molar refractivity (Wildman–Crippen MR) is 81.3 cm³/mol. The summed E-state index contributed by atoms with van der Waals surface area (Å²) in [4.78, 5) is 11.5. The molecule has 0 aliphatic rings. The third-order valence-corrected chi connectivity index (χ3v) is 4.01. The highest BCUT2D eigenvalue weighted by atomic mass is 35.5. The minimum atomic E-state index is -0.516. The van der Waals surface area contributed by atoms with E-state index in [9.17, 15) is 10.1 Å². The summed E-state index contributed by atoms with van der Waals surface area (Å²) in [5, 5.41) is 17.1. The Bertz CT molecular complexity index is 814. The van der Waals surface area contributed by atoms with Gasteiger partial charge in [0.05, 0.1) is 16.1 Å². The summed E-state index contributed by atoms with van der Waals surface area (Å²) < 4.78 is 5.22. The van der Waals surface area contributed by atoms with E-state index in [4.69, 9.17) is 21.9 Å². The molecule has 0 radical (unpaired) electrons. The molecule has 3 aromatic rings. The molecule has 0 unspecified atom stereocenters. The van der Waals surface area contributed by atoms with Crippen LogP contribution in [0.1, 0.15) is 0 Å². The van der Waals surface area contributed by atoms with Gasteiger partial charge in [0.15, 0.2) is 11.6 Å². The van der Waals surface area contributed by atoms with E-state index in [1.54, 1.807) is 6.07 Å². The van der Waals surface area contributed by atoms with E-state index in [0.29, 0.717) is 5.56 Å². The summed E-state index contributed by atoms with van der Waals surface area (Å²) in [6, 6.07) is 8.05. The third-order valence-electron chi connectivity index (χ3n) is 2.89. The van der Waals surface area contributed by atoms with Crippen molar-refractivity contribution in [1.82, 2.24) is 5.16 Å². The van der Waals surface area contributed by atoms with Crippen molar-refractivity contribution in [2.75, 3.05) is 5.73 Å². The van der Waals surface area contributed by atoms with E-state index in [1.165, 1.54) is 23.5 Å². The van der Waals surface area contributed by atoms with Gasteiger partial charge in [-0.05, 0) is 23.6 Å². The zero-order chi connectivity index (χ0) is 15.0. The van der Waals surface area contributed by atoms with E-state index in [1.807, 2.05) is 17.5 Å². The first-order valence-electron chi connectivity index (χ1n) is 5.81. The predicted octanol–water partition coefficient (Wildman–Crippen LogP) is 4.21. The molecule has 2 N–H and O–H groups in total. The van der Waals surface area contributed by atoms with Gasteiger partial charge in [-0.2, -0.15) is 0 Å². The van der Waals surface area contributed by atoms with Crippen LogP contribution in [0, 0.1) is 10.1 Å². The van der Waals surface area contributed by atoms with Crippen LogP contribution in [-0.2, 0) is 0 Å². The zero-order valence-corrected chi connectivity index (χ0v) is 12.0. The molecule has 2 aromatic heterocycles. The average Bonchev–Trinajstić information content (AvgIpc) is 3.07. The minimum Gasteiger partial charge on any atom is -0.380 e. The standard InChI is InChI=1S/C13H8ClN3O3S/c14-7-3-4-8(9(6-7)17(18)19)12-11(13(15)16-20-12)10-2-1-5-21-10/h1-6H,(H2,15,16). The van der Waals surface area contributed by atoms with Gasteiger partial charge in [0, 0.05) is 16.0 Å². The topological polar surface area (TPSA) is 95.2 Å². The van der Waals surface area contributed by atoms with Gasteiger partial charge in [-0.1, -0.05) is 22.8 Å². The van der Waals surface area contributed by atoms with E-state index in [0.717, 1.165) is 4.88 Å². The van der Waals surface area contributed by atoms with Crippen LogP contribution in [-0.4, -0.2) is 10.1 Å². The number of halogens is 1. The molecule has 0 saturated carbocycles. The Morgan fingerprint density at radius 3 is 2.86 bits per heavy atom. The molecule has 0 atom stereocenters. The molecule has 0 saturated heterocycles. The molecule has 3 rings (SSSR count). The molecule has 1 aromatic carbocycles. The van der Waals surface area contributed by atoms with Gasteiger partial charge in [0.2, 0.25) is 0 Å². The number of aromatic nitrogens is 1. The maximum absolute atomic E-state index is 11.2. The quantitative estimate of drug-likeness (QED) is 0.575. The average molecular weight is 322 g/mol. The second-order valence-electron chi connectivity index (χ2n) is 4.17. The fourth-order valence-corrected chi connectivity index (χ4v) is 2.94. The summed E-state index contributed by atoms with van der Waals surface area (Å²) in [6.45, 7) is 0. The monoisotopic (exact) mass is 321 g/mol. The molecule has 0 aliphatic heterocycles. The third kappa shape index (κ3) is 2.37. The van der Waals surface area contributed by atoms with E-state index < -0.39 is 4.92 Å². The van der Waals surface area contributed by atoms with Crippen LogP contribution >= 0.6 is 22.9 Å². The Balaban J connectivity index is 2.26. The van der Waals surface area contributed by atoms with Gasteiger partial charge in [0.1, 0.15) is 0 Å². The molecule has 0 spiro atoms. The molecule has 106 valence electrons. The van der Waals surface area contributed by atoms with Crippen LogP contribution in [0.2, 0.25) is 5.02 Å². The molecular weight excluding hydrogens is 314 g/mol. The van der Waals surface area contributed by atoms with Gasteiger partial charge < -0.3 is 10.3 Å². The molecule has 0 fully saturated rings. The number of nitrogens with zero attached hydrogens (tertiary/aromatic N) is 2. The molecule has 6 nitrogen and oxygen atoms in total. The van der Waals surface area contributed by atoms with Gasteiger partial charge in [0.25, 0.3) is 5.69 Å². The Hall–Kier alpha value is -2.38. The van der Waals surface area contributed by atoms with Crippen LogP contribution in [0.25, 0.3) is 21.8 Å². The minimum absolute atomic E-state index is 0.156. The van der Waals surface area contributed by atoms with Crippen molar-refractivity contribution < 1.29 is 9.45 Å². The smallest absolute Gasteiger partial charge is 0.281 e. The van der Waals surface area contributed by atoms with Crippen molar-refractivity contribution in [3.8, 4) is 21.8 Å². The highest BCUT2D eigenvalue weighted by Crippen LogP contribution is 2.42. The van der Waals surface area contributed by atoms with Gasteiger partial charge >= 0.3 is 0 Å². The van der Waals surface area contributed by atoms with Crippen LogP contribution in [0.5, 0.6) is 0 Å². The number of benzene rings is 1. The van der Waals surface area contributed by atoms with Crippen LogP contribution in [0.15, 0.2) is 40.2 Å². The number of rotatable bonds is 3. The number of nitrogen functional groups attached to an aromatic ring is 1. The number of hydrogen-bond donors (Lipinski definition) is 1. The summed E-state index contributed by atoms with van der Waals surface area (Å²) >= 11 is 7.26. The lowest BCUT2D eigenvalue weighted by Gasteiger charge is -2.02. The summed E-state index contributed by atoms with van der Waals surface area (Å²) in [5.74, 6) is 0.454. The Kier molecular flexibility index (Phi) is 3.36. The molecule has 8 heteroatoms. The fraction of sp³-hybridized carbons (Fsp3) is 0. The number of nitro groups is 1. The van der Waals surface area contributed by atoms with Crippen molar-refractivity contribution in [2.45, 2.75) is 0 Å². The zero-order valence-electron chi connectivity index (χ0n) is 10.4. The largest absolute Gasteiger partial charge is 0.380 e. The number of nitrogens with two attached hydrogens (primary N) is 1. The SMILES string of the molecule is Nc1noc(-c2ccc(Cl)cc2[N+](=O)[O-])c1-c1cccs1. The van der Waals surface area contributed by atoms with Crippen LogP contribution in [0.4, 0.5) is 11.5 Å². The van der Waals surface area contributed by atoms with Crippen molar-refractivity contribution in [2.24, 2.45) is 0 Å². The number of nitro benzene ring substituents is 1. The molecular formula is C13H8ClN3O3S. The van der Waals surface area contributed by atoms with Crippen molar-refractivity contribution in [1.29, 1.82) is 0 Å². The summed E-state index contributed by atoms with van der Waals surface area (Å²) in [7, 11) is 0. The van der Waals surface area contributed by atoms with Crippen LogP contribution < -0.4 is 5.73 Å². The van der Waals surface area contributed by atoms with Gasteiger partial charge in [-0.15, -0.1) is 11.3 Å². The number of hydrogen-bond acceptors (Lipinski definition) is 6. The second kappa shape index (κ2) is 5.19. The first-order valence-corrected chi connectivity index (χ1v) is 7.07. The molecule has 0 bridgehead atoms. The summed E-state index contributed by atoms with van der Waals surface area (Å²) in [6.07, 6.45) is 0. The maximum atomic E-state index is 11.2. The van der Waals surface area contributed by atoms with Crippen LogP contribution in [0.3, 0.4) is 0 Å². The lowest BCUT2D eigenvalue weighted by atomic mass is 10.1. The number of thiophene rings is 1. The van der Waals surface area contributed by atoms with Gasteiger partial charge in [-0.3, -0.25) is 10.1 Å². The lowest BCUT2D eigenvalue weighted by molar-refractivity contribution is -0.384.